The molecule has 5 nitrogen and oxygen atoms in total. The molecule has 2 aromatic carbocycles. The van der Waals surface area contributed by atoms with Gasteiger partial charge in [0.2, 0.25) is 5.95 Å². The van der Waals surface area contributed by atoms with Gasteiger partial charge in [0.1, 0.15) is 18.2 Å². The van der Waals surface area contributed by atoms with E-state index in [1.807, 2.05) is 18.2 Å². The first-order valence-corrected chi connectivity index (χ1v) is 9.41. The van der Waals surface area contributed by atoms with E-state index in [-0.39, 0.29) is 23.6 Å². The Morgan fingerprint density at radius 3 is 2.71 bits per heavy atom. The number of carbonyl (C=O) groups is 1. The number of benzene rings is 2. The first-order chi connectivity index (χ1) is 13.6. The van der Waals surface area contributed by atoms with Crippen LogP contribution in [0.25, 0.3) is 0 Å². The Morgan fingerprint density at radius 2 is 1.93 bits per heavy atom. The number of nitrogens with one attached hydrogen (secondary N) is 1. The Bertz CT molecular complexity index is 1110. The van der Waals surface area contributed by atoms with Gasteiger partial charge in [-0.1, -0.05) is 35.9 Å². The molecule has 2 aliphatic rings. The highest BCUT2D eigenvalue weighted by atomic mass is 35.5. The molecule has 0 bridgehead atoms. The lowest BCUT2D eigenvalue weighted by Gasteiger charge is -2.35. The number of aromatic nitrogens is 3. The summed E-state index contributed by atoms with van der Waals surface area (Å²) in [6.45, 7) is 0. The quantitative estimate of drug-likeness (QED) is 0.695. The zero-order valence-electron chi connectivity index (χ0n) is 14.8. The number of hydrogen-bond acceptors (Lipinski definition) is 4. The van der Waals surface area contributed by atoms with Crippen LogP contribution in [-0.4, -0.2) is 20.5 Å². The molecule has 28 heavy (non-hydrogen) atoms. The predicted molar refractivity (Wildman–Crippen MR) is 104 cm³/mol. The van der Waals surface area contributed by atoms with Gasteiger partial charge in [-0.25, -0.2) is 9.07 Å². The minimum Gasteiger partial charge on any atom is -0.328 e. The summed E-state index contributed by atoms with van der Waals surface area (Å²) in [5, 5.41) is 8.21. The van der Waals surface area contributed by atoms with Crippen molar-refractivity contribution in [1.82, 2.24) is 14.8 Å². The van der Waals surface area contributed by atoms with Gasteiger partial charge in [-0.2, -0.15) is 10.1 Å². The van der Waals surface area contributed by atoms with E-state index in [9.17, 15) is 9.18 Å². The lowest BCUT2D eigenvalue weighted by atomic mass is 9.78. The minimum atomic E-state index is -0.367. The fraction of sp³-hybridized carbons (Fsp3) is 0.190. The normalized spacial score (nSPS) is 21.1. The van der Waals surface area contributed by atoms with Crippen molar-refractivity contribution in [3.63, 3.8) is 0 Å². The van der Waals surface area contributed by atoms with E-state index >= 15 is 0 Å². The Labute approximate surface area is 165 Å². The number of rotatable bonds is 2. The monoisotopic (exact) mass is 394 g/mol. The summed E-state index contributed by atoms with van der Waals surface area (Å²) in [4.78, 5) is 17.5. The highest BCUT2D eigenvalue weighted by Crippen LogP contribution is 2.44. The van der Waals surface area contributed by atoms with Crippen molar-refractivity contribution in [3.05, 3.63) is 88.1 Å². The van der Waals surface area contributed by atoms with E-state index in [0.717, 1.165) is 16.8 Å². The van der Waals surface area contributed by atoms with E-state index in [1.165, 1.54) is 18.5 Å². The fourth-order valence-electron chi connectivity index (χ4n) is 4.11. The molecule has 0 radical (unpaired) electrons. The molecule has 2 heterocycles. The predicted octanol–water partition coefficient (Wildman–Crippen LogP) is 4.49. The Kier molecular flexibility index (Phi) is 4.02. The van der Waals surface area contributed by atoms with E-state index in [1.54, 1.807) is 22.9 Å². The number of hydrogen-bond donors (Lipinski definition) is 1. The molecule has 1 aromatic heterocycles. The molecule has 140 valence electrons. The maximum Gasteiger partial charge on any atom is 0.226 e. The van der Waals surface area contributed by atoms with Crippen LogP contribution in [-0.2, 0) is 4.79 Å². The Morgan fingerprint density at radius 1 is 1.11 bits per heavy atom. The van der Waals surface area contributed by atoms with Crippen LogP contribution in [0.1, 0.15) is 35.9 Å². The molecule has 7 heteroatoms. The number of Topliss-reactive ketones (excluding diaryl/α,β-unsaturated/α-hetero) is 1. The maximum absolute atomic E-state index is 13.3. The van der Waals surface area contributed by atoms with Crippen LogP contribution in [0.2, 0.25) is 5.02 Å². The lowest BCUT2D eigenvalue weighted by molar-refractivity contribution is -0.116. The van der Waals surface area contributed by atoms with Crippen LogP contribution in [0.15, 0.2) is 66.1 Å². The molecule has 0 unspecified atom stereocenters. The lowest BCUT2D eigenvalue weighted by Crippen LogP contribution is -2.33. The number of anilines is 1. The second-order valence-electron chi connectivity index (χ2n) is 7.08. The summed E-state index contributed by atoms with van der Waals surface area (Å²) < 4.78 is 15.0. The van der Waals surface area contributed by atoms with Gasteiger partial charge < -0.3 is 5.32 Å². The first-order valence-electron chi connectivity index (χ1n) is 9.04. The average molecular weight is 395 g/mol. The zero-order chi connectivity index (χ0) is 19.3. The first kappa shape index (κ1) is 17.1. The second-order valence-corrected chi connectivity index (χ2v) is 7.52. The summed E-state index contributed by atoms with van der Waals surface area (Å²) in [5.74, 6) is 0.356. The number of fused-ring (bicyclic) bond motifs is 1. The van der Waals surface area contributed by atoms with Crippen LogP contribution in [0.5, 0.6) is 0 Å². The molecule has 2 atom stereocenters. The molecule has 0 saturated carbocycles. The van der Waals surface area contributed by atoms with Gasteiger partial charge in [0, 0.05) is 22.7 Å². The van der Waals surface area contributed by atoms with Crippen LogP contribution >= 0.6 is 11.6 Å². The summed E-state index contributed by atoms with van der Waals surface area (Å²) in [5.41, 5.74) is 3.38. The van der Waals surface area contributed by atoms with Crippen molar-refractivity contribution in [2.45, 2.75) is 24.8 Å². The topological polar surface area (TPSA) is 59.8 Å². The zero-order valence-corrected chi connectivity index (χ0v) is 15.5. The molecule has 5 rings (SSSR count). The van der Waals surface area contributed by atoms with Crippen LogP contribution in [0, 0.1) is 5.82 Å². The van der Waals surface area contributed by atoms with Crippen molar-refractivity contribution in [2.75, 3.05) is 5.32 Å². The van der Waals surface area contributed by atoms with Crippen LogP contribution in [0.4, 0.5) is 10.3 Å². The van der Waals surface area contributed by atoms with E-state index < -0.39 is 0 Å². The van der Waals surface area contributed by atoms with Gasteiger partial charge in [0.05, 0.1) is 0 Å². The Balaban J connectivity index is 1.59. The van der Waals surface area contributed by atoms with Crippen molar-refractivity contribution >= 4 is 23.3 Å². The van der Waals surface area contributed by atoms with Gasteiger partial charge in [-0.05, 0) is 47.7 Å². The van der Waals surface area contributed by atoms with Gasteiger partial charge >= 0.3 is 0 Å². The SMILES string of the molecule is O=C1C[C@@H](c2ccc(F)cc2)CC2=C1[C@@H](c1cccc(Cl)c1)n1ncnc1N2. The summed E-state index contributed by atoms with van der Waals surface area (Å²) >= 11 is 6.20. The van der Waals surface area contributed by atoms with Crippen molar-refractivity contribution in [3.8, 4) is 0 Å². The molecule has 3 aromatic rings. The number of halogens is 2. The molecule has 1 aliphatic carbocycles. The maximum atomic E-state index is 13.3. The molecular formula is C21H16ClFN4O. The summed E-state index contributed by atoms with van der Waals surface area (Å²) in [6.07, 6.45) is 2.49. The van der Waals surface area contributed by atoms with Gasteiger partial charge in [-0.3, -0.25) is 4.79 Å². The molecule has 1 N–H and O–H groups in total. The fourth-order valence-corrected chi connectivity index (χ4v) is 4.31. The summed E-state index contributed by atoms with van der Waals surface area (Å²) in [6, 6.07) is 13.5. The smallest absolute Gasteiger partial charge is 0.226 e. The minimum absolute atomic E-state index is 0.00571. The van der Waals surface area contributed by atoms with Crippen molar-refractivity contribution in [2.24, 2.45) is 0 Å². The van der Waals surface area contributed by atoms with E-state index in [0.29, 0.717) is 29.4 Å². The number of ketones is 1. The average Bonchev–Trinajstić information content (AvgIpc) is 3.15. The van der Waals surface area contributed by atoms with E-state index in [4.69, 9.17) is 11.6 Å². The van der Waals surface area contributed by atoms with Gasteiger partial charge in [-0.15, -0.1) is 0 Å². The van der Waals surface area contributed by atoms with Gasteiger partial charge in [0.25, 0.3) is 0 Å². The van der Waals surface area contributed by atoms with Crippen LogP contribution in [0.3, 0.4) is 0 Å². The third-order valence-electron chi connectivity index (χ3n) is 5.37. The highest BCUT2D eigenvalue weighted by Gasteiger charge is 2.39. The standard InChI is InChI=1S/C21H16ClFN4O/c22-15-3-1-2-13(8-15)20-19-17(26-21-24-11-25-27(20)21)9-14(10-18(19)28)12-4-6-16(23)7-5-12/h1-8,11,14,20H,9-10H2,(H,24,25,26)/t14-,20+/m0/s1. The number of carbonyl (C=O) groups excluding carboxylic acids is 1. The molecule has 0 saturated heterocycles. The largest absolute Gasteiger partial charge is 0.328 e. The molecular weight excluding hydrogens is 379 g/mol. The third-order valence-corrected chi connectivity index (χ3v) is 5.60. The Hall–Kier alpha value is -2.99. The second kappa shape index (κ2) is 6.56. The molecule has 1 aliphatic heterocycles. The number of nitrogens with zero attached hydrogens (tertiary/aromatic N) is 3. The van der Waals surface area contributed by atoms with Crippen molar-refractivity contribution in [1.29, 1.82) is 0 Å². The van der Waals surface area contributed by atoms with Gasteiger partial charge in [0.15, 0.2) is 5.78 Å². The van der Waals surface area contributed by atoms with Crippen LogP contribution < -0.4 is 5.32 Å². The third kappa shape index (κ3) is 2.81. The van der Waals surface area contributed by atoms with E-state index in [2.05, 4.69) is 15.4 Å². The molecule has 0 amide bonds. The number of allylic oxidation sites excluding steroid dienone is 2. The molecule has 0 spiro atoms. The summed E-state index contributed by atoms with van der Waals surface area (Å²) in [7, 11) is 0. The highest BCUT2D eigenvalue weighted by molar-refractivity contribution is 6.30. The van der Waals surface area contributed by atoms with Crippen molar-refractivity contribution < 1.29 is 9.18 Å². The molecule has 0 fully saturated rings.